The van der Waals surface area contributed by atoms with Gasteiger partial charge in [-0.25, -0.2) is 8.42 Å². The Morgan fingerprint density at radius 3 is 2.50 bits per heavy atom. The van der Waals surface area contributed by atoms with Crippen LogP contribution in [0.4, 0.5) is 11.4 Å². The van der Waals surface area contributed by atoms with Crippen LogP contribution >= 0.6 is 11.6 Å². The number of nitrogens with zero attached hydrogens (tertiary/aromatic N) is 1. The first-order valence-electron chi connectivity index (χ1n) is 9.27. The molecule has 0 aromatic heterocycles. The van der Waals surface area contributed by atoms with Gasteiger partial charge in [-0.05, 0) is 48.9 Å². The highest BCUT2D eigenvalue weighted by Crippen LogP contribution is 2.37. The van der Waals surface area contributed by atoms with Gasteiger partial charge in [0.15, 0.2) is 6.10 Å². The number of sulfonamides is 1. The number of anilines is 2. The normalized spacial score (nSPS) is 15.8. The Morgan fingerprint density at radius 2 is 1.73 bits per heavy atom. The van der Waals surface area contributed by atoms with E-state index in [4.69, 9.17) is 16.3 Å². The number of fused-ring (bicyclic) bond motifs is 1. The minimum absolute atomic E-state index is 0.145. The Kier molecular flexibility index (Phi) is 5.40. The molecule has 1 aliphatic rings. The van der Waals surface area contributed by atoms with Crippen LogP contribution < -0.4 is 14.4 Å². The van der Waals surface area contributed by atoms with Gasteiger partial charge in [0.2, 0.25) is 0 Å². The lowest BCUT2D eigenvalue weighted by molar-refractivity contribution is -0.122. The zero-order chi connectivity index (χ0) is 21.3. The summed E-state index contributed by atoms with van der Waals surface area (Å²) >= 11 is 6.13. The number of ether oxygens (including phenoxy) is 1. The van der Waals surface area contributed by atoms with E-state index in [-0.39, 0.29) is 11.4 Å². The van der Waals surface area contributed by atoms with Gasteiger partial charge in [0.1, 0.15) is 5.75 Å². The van der Waals surface area contributed by atoms with Crippen LogP contribution in [0.5, 0.6) is 5.75 Å². The van der Waals surface area contributed by atoms with Crippen molar-refractivity contribution in [2.24, 2.45) is 0 Å². The smallest absolute Gasteiger partial charge is 0.267 e. The Hall–Kier alpha value is -3.03. The summed E-state index contributed by atoms with van der Waals surface area (Å²) in [6.45, 7) is 1.64. The molecule has 0 spiro atoms. The maximum atomic E-state index is 13.3. The van der Waals surface area contributed by atoms with Gasteiger partial charge in [0.05, 0.1) is 17.1 Å². The van der Waals surface area contributed by atoms with Crippen LogP contribution in [0.2, 0.25) is 5.02 Å². The highest BCUT2D eigenvalue weighted by Gasteiger charge is 2.37. The molecule has 4 rings (SSSR count). The Bertz CT molecular complexity index is 1200. The van der Waals surface area contributed by atoms with E-state index in [1.54, 1.807) is 67.6 Å². The first-order valence-corrected chi connectivity index (χ1v) is 11.1. The van der Waals surface area contributed by atoms with E-state index in [0.717, 1.165) is 5.56 Å². The van der Waals surface area contributed by atoms with Crippen molar-refractivity contribution in [3.05, 3.63) is 83.4 Å². The van der Waals surface area contributed by atoms with Crippen LogP contribution in [0, 0.1) is 6.92 Å². The predicted octanol–water partition coefficient (Wildman–Crippen LogP) is 4.24. The van der Waals surface area contributed by atoms with Crippen molar-refractivity contribution >= 4 is 38.9 Å². The lowest BCUT2D eigenvalue weighted by atomic mass is 10.1. The third-order valence-corrected chi connectivity index (χ3v) is 7.09. The summed E-state index contributed by atoms with van der Waals surface area (Å²) in [5.74, 6) is -0.130. The lowest BCUT2D eigenvalue weighted by Crippen LogP contribution is -2.48. The molecule has 1 amide bonds. The van der Waals surface area contributed by atoms with Crippen LogP contribution in [0.3, 0.4) is 0 Å². The van der Waals surface area contributed by atoms with Crippen molar-refractivity contribution in [3.63, 3.8) is 0 Å². The first-order chi connectivity index (χ1) is 14.4. The fraction of sp³-hybridized carbons (Fsp3) is 0.136. The molecule has 3 aromatic rings. The van der Waals surface area contributed by atoms with E-state index >= 15 is 0 Å². The lowest BCUT2D eigenvalue weighted by Gasteiger charge is -2.34. The fourth-order valence-electron chi connectivity index (χ4n) is 3.24. The number of amides is 1. The molecule has 154 valence electrons. The van der Waals surface area contributed by atoms with E-state index in [0.29, 0.717) is 22.1 Å². The third kappa shape index (κ3) is 3.74. The van der Waals surface area contributed by atoms with Crippen LogP contribution in [0.25, 0.3) is 0 Å². The maximum Gasteiger partial charge on any atom is 0.267 e. The van der Waals surface area contributed by atoms with Gasteiger partial charge >= 0.3 is 0 Å². The van der Waals surface area contributed by atoms with Gasteiger partial charge in [0, 0.05) is 10.7 Å². The van der Waals surface area contributed by atoms with Crippen molar-refractivity contribution in [1.29, 1.82) is 0 Å². The molecule has 1 atom stereocenters. The number of nitrogens with one attached hydrogen (secondary N) is 1. The summed E-state index contributed by atoms with van der Waals surface area (Å²) in [5.41, 5.74) is 1.66. The SMILES string of the molecule is Cc1c(Cl)cccc1NC(=O)C1CN(S(=O)(=O)c2ccccc2)c2ccccc2O1. The second kappa shape index (κ2) is 8.01. The molecule has 6 nitrogen and oxygen atoms in total. The summed E-state index contributed by atoms with van der Waals surface area (Å²) in [6.07, 6.45) is -1.03. The first kappa shape index (κ1) is 20.3. The molecular formula is C22H19ClN2O4S. The number of hydrogen-bond acceptors (Lipinski definition) is 4. The highest BCUT2D eigenvalue weighted by molar-refractivity contribution is 7.92. The monoisotopic (exact) mass is 442 g/mol. The predicted molar refractivity (Wildman–Crippen MR) is 117 cm³/mol. The molecule has 0 radical (unpaired) electrons. The minimum atomic E-state index is -3.88. The molecule has 1 aliphatic heterocycles. The Morgan fingerprint density at radius 1 is 1.03 bits per heavy atom. The largest absolute Gasteiger partial charge is 0.476 e. The molecule has 3 aromatic carbocycles. The third-order valence-electron chi connectivity index (χ3n) is 4.88. The second-order valence-electron chi connectivity index (χ2n) is 6.83. The average Bonchev–Trinajstić information content (AvgIpc) is 2.76. The number of benzene rings is 3. The zero-order valence-electron chi connectivity index (χ0n) is 16.1. The fourth-order valence-corrected chi connectivity index (χ4v) is 4.91. The van der Waals surface area contributed by atoms with Gasteiger partial charge in [-0.15, -0.1) is 0 Å². The highest BCUT2D eigenvalue weighted by atomic mass is 35.5. The van der Waals surface area contributed by atoms with E-state index in [1.807, 2.05) is 0 Å². The molecule has 0 saturated heterocycles. The quantitative estimate of drug-likeness (QED) is 0.655. The molecule has 1 unspecified atom stereocenters. The van der Waals surface area contributed by atoms with Gasteiger partial charge in [-0.3, -0.25) is 9.10 Å². The number of rotatable bonds is 4. The number of carbonyl (C=O) groups excluding carboxylic acids is 1. The van der Waals surface area contributed by atoms with Crippen molar-refractivity contribution < 1.29 is 17.9 Å². The molecule has 1 heterocycles. The van der Waals surface area contributed by atoms with Crippen molar-refractivity contribution in [1.82, 2.24) is 0 Å². The summed E-state index contributed by atoms with van der Waals surface area (Å²) in [4.78, 5) is 13.1. The zero-order valence-corrected chi connectivity index (χ0v) is 17.7. The molecule has 30 heavy (non-hydrogen) atoms. The molecule has 0 bridgehead atoms. The maximum absolute atomic E-state index is 13.3. The summed E-state index contributed by atoms with van der Waals surface area (Å²) in [5, 5.41) is 3.32. The number of halogens is 1. The average molecular weight is 443 g/mol. The second-order valence-corrected chi connectivity index (χ2v) is 9.09. The van der Waals surface area contributed by atoms with E-state index in [9.17, 15) is 13.2 Å². The summed E-state index contributed by atoms with van der Waals surface area (Å²) < 4.78 is 33.7. The minimum Gasteiger partial charge on any atom is -0.476 e. The standard InChI is InChI=1S/C22H19ClN2O4S/c1-15-17(23)10-7-11-18(15)24-22(26)21-14-25(19-12-5-6-13-20(19)29-21)30(27,28)16-8-3-2-4-9-16/h2-13,21H,14H2,1H3,(H,24,26). The molecule has 1 N–H and O–H groups in total. The molecule has 0 fully saturated rings. The van der Waals surface area contributed by atoms with E-state index in [2.05, 4.69) is 5.32 Å². The Balaban J connectivity index is 1.68. The van der Waals surface area contributed by atoms with Gasteiger partial charge in [-0.1, -0.05) is 48.0 Å². The number of para-hydroxylation sites is 2. The molecule has 8 heteroatoms. The molecule has 0 saturated carbocycles. The van der Waals surface area contributed by atoms with Crippen LogP contribution in [-0.2, 0) is 14.8 Å². The topological polar surface area (TPSA) is 75.7 Å². The van der Waals surface area contributed by atoms with Crippen LogP contribution in [0.15, 0.2) is 77.7 Å². The van der Waals surface area contributed by atoms with Gasteiger partial charge in [0.25, 0.3) is 15.9 Å². The summed E-state index contributed by atoms with van der Waals surface area (Å²) in [6, 6.07) is 20.1. The molecular weight excluding hydrogens is 424 g/mol. The van der Waals surface area contributed by atoms with E-state index < -0.39 is 22.0 Å². The summed E-state index contributed by atoms with van der Waals surface area (Å²) in [7, 11) is -3.88. The van der Waals surface area contributed by atoms with Gasteiger partial charge in [-0.2, -0.15) is 0 Å². The van der Waals surface area contributed by atoms with E-state index in [1.165, 1.54) is 16.4 Å². The van der Waals surface area contributed by atoms with Crippen LogP contribution in [0.1, 0.15) is 5.56 Å². The Labute approximate surface area is 180 Å². The molecule has 0 aliphatic carbocycles. The van der Waals surface area contributed by atoms with Crippen molar-refractivity contribution in [3.8, 4) is 5.75 Å². The van der Waals surface area contributed by atoms with Gasteiger partial charge < -0.3 is 10.1 Å². The number of hydrogen-bond donors (Lipinski definition) is 1. The van der Waals surface area contributed by atoms with Crippen molar-refractivity contribution in [2.45, 2.75) is 17.9 Å². The van der Waals surface area contributed by atoms with Crippen LogP contribution in [-0.4, -0.2) is 27.0 Å². The number of carbonyl (C=O) groups is 1. The van der Waals surface area contributed by atoms with Crippen molar-refractivity contribution in [2.75, 3.05) is 16.2 Å².